The lowest BCUT2D eigenvalue weighted by Crippen LogP contribution is -2.32. The molecule has 1 unspecified atom stereocenters. The van der Waals surface area contributed by atoms with Gasteiger partial charge in [0.05, 0.1) is 30.4 Å². The minimum atomic E-state index is 0.227. The molecule has 0 bridgehead atoms. The van der Waals surface area contributed by atoms with Crippen LogP contribution in [0.1, 0.15) is 36.0 Å². The average molecular weight is 558 g/mol. The summed E-state index contributed by atoms with van der Waals surface area (Å²) in [7, 11) is 1.69. The van der Waals surface area contributed by atoms with Crippen LogP contribution >= 0.6 is 35.0 Å². The summed E-state index contributed by atoms with van der Waals surface area (Å²) in [6.07, 6.45) is 4.84. The maximum atomic E-state index is 6.30. The van der Waals surface area contributed by atoms with E-state index in [9.17, 15) is 0 Å². The molecule has 1 radical (unpaired) electrons. The number of ether oxygens (including phenoxy) is 2. The second-order valence-corrected chi connectivity index (χ2v) is 11.7. The molecular weight excluding hydrogens is 521 g/mol. The fraction of sp³-hybridized carbons (Fsp3) is 0.387. The van der Waals surface area contributed by atoms with E-state index >= 15 is 0 Å². The fourth-order valence-electron chi connectivity index (χ4n) is 4.61. The van der Waals surface area contributed by atoms with Crippen LogP contribution in [0.5, 0.6) is 5.75 Å². The molecule has 1 heterocycles. The molecule has 0 saturated carbocycles. The average Bonchev–Trinajstić information content (AvgIpc) is 2.93. The van der Waals surface area contributed by atoms with Gasteiger partial charge in [-0.3, -0.25) is 0 Å². The summed E-state index contributed by atoms with van der Waals surface area (Å²) in [6, 6.07) is 20.6. The highest BCUT2D eigenvalue weighted by atomic mass is 35.5. The second-order valence-electron chi connectivity index (χ2n) is 9.55. The lowest BCUT2D eigenvalue weighted by Gasteiger charge is -2.26. The first-order valence-electron chi connectivity index (χ1n) is 13.0. The van der Waals surface area contributed by atoms with E-state index in [1.54, 1.807) is 7.11 Å². The number of rotatable bonds is 12. The molecule has 1 aliphatic rings. The molecule has 3 aromatic rings. The van der Waals surface area contributed by atoms with Crippen molar-refractivity contribution in [1.82, 2.24) is 4.90 Å². The van der Waals surface area contributed by atoms with Crippen LogP contribution in [0.25, 0.3) is 11.1 Å². The smallest absolute Gasteiger partial charge is 0.118 e. The number of nitrogens with zero attached hydrogens (tertiary/aromatic N) is 1. The quantitative estimate of drug-likeness (QED) is 0.209. The second kappa shape index (κ2) is 14.5. The molecule has 6 heteroatoms. The molecule has 1 atom stereocenters. The number of methoxy groups -OCH3 is 1. The molecule has 37 heavy (non-hydrogen) atoms. The molecule has 1 saturated heterocycles. The third-order valence-electron chi connectivity index (χ3n) is 6.81. The molecule has 0 aliphatic carbocycles. The summed E-state index contributed by atoms with van der Waals surface area (Å²) < 4.78 is 11.5. The molecule has 1 fully saturated rings. The Morgan fingerprint density at radius 1 is 0.892 bits per heavy atom. The van der Waals surface area contributed by atoms with Gasteiger partial charge in [0.1, 0.15) is 5.75 Å². The van der Waals surface area contributed by atoms with Crippen molar-refractivity contribution in [1.29, 1.82) is 0 Å². The highest BCUT2D eigenvalue weighted by Gasteiger charge is 2.13. The van der Waals surface area contributed by atoms with Crippen molar-refractivity contribution in [2.75, 3.05) is 33.4 Å². The molecule has 3 aromatic carbocycles. The lowest BCUT2D eigenvalue weighted by atomic mass is 9.97. The zero-order chi connectivity index (χ0) is 26.0. The van der Waals surface area contributed by atoms with Crippen molar-refractivity contribution >= 4 is 35.0 Å². The van der Waals surface area contributed by atoms with Gasteiger partial charge in [0.25, 0.3) is 0 Å². The molecule has 4 rings (SSSR count). The number of benzene rings is 3. The molecular formula is C31H36Cl2NO2S. The van der Waals surface area contributed by atoms with Gasteiger partial charge in [-0.1, -0.05) is 60.0 Å². The molecule has 197 valence electrons. The zero-order valence-electron chi connectivity index (χ0n) is 21.6. The van der Waals surface area contributed by atoms with Gasteiger partial charge >= 0.3 is 0 Å². The van der Waals surface area contributed by atoms with Crippen molar-refractivity contribution in [2.24, 2.45) is 0 Å². The van der Waals surface area contributed by atoms with Crippen LogP contribution in [-0.2, 0) is 23.5 Å². The Morgan fingerprint density at radius 2 is 1.62 bits per heavy atom. The highest BCUT2D eigenvalue weighted by Crippen LogP contribution is 2.31. The van der Waals surface area contributed by atoms with E-state index in [1.807, 2.05) is 42.1 Å². The molecule has 0 N–H and O–H groups in total. The van der Waals surface area contributed by atoms with E-state index < -0.39 is 0 Å². The standard InChI is InChI=1S/C31H36Cl2NO2S/c1-23(37-22-24-6-11-29(35-2)12-7-24)18-25-8-9-26(27-10-13-30(32)31(33)20-27)19-28(25)21-36-17-16-34-14-4-3-5-15-34/h6-13,19-20,23H,1,3-5,14-18,21-22H2,2H3. The van der Waals surface area contributed by atoms with Crippen molar-refractivity contribution in [3.05, 3.63) is 94.3 Å². The van der Waals surface area contributed by atoms with E-state index in [-0.39, 0.29) is 5.25 Å². The molecule has 1 aliphatic heterocycles. The maximum Gasteiger partial charge on any atom is 0.118 e. The Bertz CT molecular complexity index is 1130. The van der Waals surface area contributed by atoms with Gasteiger partial charge in [-0.05, 0) is 97.4 Å². The third-order valence-corrected chi connectivity index (χ3v) is 8.69. The van der Waals surface area contributed by atoms with E-state index in [0.29, 0.717) is 16.7 Å². The minimum Gasteiger partial charge on any atom is -0.497 e. The normalized spacial score (nSPS) is 15.0. The summed E-state index contributed by atoms with van der Waals surface area (Å²) in [5, 5.41) is 1.36. The highest BCUT2D eigenvalue weighted by molar-refractivity contribution is 7.99. The van der Waals surface area contributed by atoms with Crippen LogP contribution in [0.4, 0.5) is 0 Å². The first-order chi connectivity index (χ1) is 18.0. The molecule has 0 aromatic heterocycles. The van der Waals surface area contributed by atoms with Crippen LogP contribution in [0.15, 0.2) is 60.7 Å². The summed E-state index contributed by atoms with van der Waals surface area (Å²) >= 11 is 14.3. The Labute approximate surface area is 236 Å². The molecule has 0 spiro atoms. The molecule has 0 amide bonds. The van der Waals surface area contributed by atoms with E-state index in [0.717, 1.165) is 42.2 Å². The van der Waals surface area contributed by atoms with Gasteiger partial charge in [-0.25, -0.2) is 0 Å². The topological polar surface area (TPSA) is 21.7 Å². The van der Waals surface area contributed by atoms with Crippen molar-refractivity contribution in [3.8, 4) is 16.9 Å². The zero-order valence-corrected chi connectivity index (χ0v) is 23.9. The monoisotopic (exact) mass is 556 g/mol. The first-order valence-corrected chi connectivity index (χ1v) is 14.8. The van der Waals surface area contributed by atoms with Crippen LogP contribution < -0.4 is 4.74 Å². The fourth-order valence-corrected chi connectivity index (χ4v) is 5.83. The van der Waals surface area contributed by atoms with Crippen LogP contribution in [0, 0.1) is 6.92 Å². The van der Waals surface area contributed by atoms with Gasteiger partial charge in [0, 0.05) is 17.5 Å². The van der Waals surface area contributed by atoms with Gasteiger partial charge in [-0.2, -0.15) is 11.8 Å². The largest absolute Gasteiger partial charge is 0.497 e. The van der Waals surface area contributed by atoms with Gasteiger partial charge in [-0.15, -0.1) is 0 Å². The Balaban J connectivity index is 1.42. The number of hydrogen-bond donors (Lipinski definition) is 0. The van der Waals surface area contributed by atoms with Crippen molar-refractivity contribution < 1.29 is 9.47 Å². The number of hydrogen-bond acceptors (Lipinski definition) is 4. The number of likely N-dealkylation sites (tertiary alicyclic amines) is 1. The number of thioether (sulfide) groups is 1. The Kier molecular flexibility index (Phi) is 11.1. The summed E-state index contributed by atoms with van der Waals surface area (Å²) in [5.74, 6) is 1.80. The summed E-state index contributed by atoms with van der Waals surface area (Å²) in [4.78, 5) is 2.51. The predicted molar refractivity (Wildman–Crippen MR) is 159 cm³/mol. The maximum absolute atomic E-state index is 6.30. The molecule has 3 nitrogen and oxygen atoms in total. The van der Waals surface area contributed by atoms with Crippen molar-refractivity contribution in [3.63, 3.8) is 0 Å². The third kappa shape index (κ3) is 8.66. The van der Waals surface area contributed by atoms with Crippen LogP contribution in [0.2, 0.25) is 10.0 Å². The van der Waals surface area contributed by atoms with Crippen molar-refractivity contribution in [2.45, 2.75) is 43.3 Å². The van der Waals surface area contributed by atoms with Crippen LogP contribution in [-0.4, -0.2) is 43.5 Å². The van der Waals surface area contributed by atoms with E-state index in [4.69, 9.17) is 32.7 Å². The van der Waals surface area contributed by atoms with Gasteiger partial charge in [0.2, 0.25) is 0 Å². The van der Waals surface area contributed by atoms with Gasteiger partial charge < -0.3 is 14.4 Å². The predicted octanol–water partition coefficient (Wildman–Crippen LogP) is 8.35. The SMILES string of the molecule is [CH2]C(Cc1ccc(-c2ccc(Cl)c(Cl)c2)cc1COCCN1CCCCC1)SCc1ccc(OC)cc1. The number of halogens is 2. The Hall–Kier alpha value is -1.69. The first kappa shape index (κ1) is 28.3. The number of piperidine rings is 1. The van der Waals surface area contributed by atoms with E-state index in [2.05, 4.69) is 42.2 Å². The Morgan fingerprint density at radius 3 is 2.35 bits per heavy atom. The minimum absolute atomic E-state index is 0.227. The van der Waals surface area contributed by atoms with Gasteiger partial charge in [0.15, 0.2) is 0 Å². The lowest BCUT2D eigenvalue weighted by molar-refractivity contribution is 0.0860. The summed E-state index contributed by atoms with van der Waals surface area (Å²) in [6.45, 7) is 9.16. The van der Waals surface area contributed by atoms with Crippen LogP contribution in [0.3, 0.4) is 0 Å². The van der Waals surface area contributed by atoms with E-state index in [1.165, 1.54) is 49.0 Å². The summed E-state index contributed by atoms with van der Waals surface area (Å²) in [5.41, 5.74) is 5.93.